The van der Waals surface area contributed by atoms with Crippen molar-refractivity contribution in [2.75, 3.05) is 18.5 Å². The number of anilines is 1. The van der Waals surface area contributed by atoms with Crippen LogP contribution in [0.15, 0.2) is 24.3 Å². The predicted molar refractivity (Wildman–Crippen MR) is 62.4 cm³/mol. The molecule has 0 aliphatic heterocycles. The standard InChI is InChI=1S/C12H10F9NO/c13-9(12(19,20)21)10(14,15)6-23-8-3-1-7(2-4-8)22-5-11(16,17)18/h1-4,9,22H,5-6H2. The topological polar surface area (TPSA) is 21.3 Å². The number of hydrogen-bond donors (Lipinski definition) is 1. The Kier molecular flexibility index (Phi) is 5.65. The van der Waals surface area contributed by atoms with Gasteiger partial charge in [-0.3, -0.25) is 0 Å². The SMILES string of the molecule is FC(C(F)(F)F)C(F)(F)COc1ccc(NCC(F)(F)F)cc1. The monoisotopic (exact) mass is 355 g/mol. The smallest absolute Gasteiger partial charge is 0.425 e. The highest BCUT2D eigenvalue weighted by atomic mass is 19.4. The van der Waals surface area contributed by atoms with Gasteiger partial charge in [-0.15, -0.1) is 0 Å². The van der Waals surface area contributed by atoms with E-state index in [9.17, 15) is 39.5 Å². The van der Waals surface area contributed by atoms with Gasteiger partial charge in [-0.25, -0.2) is 4.39 Å². The number of nitrogens with one attached hydrogen (secondary N) is 1. The Labute approximate surface area is 124 Å². The Morgan fingerprint density at radius 3 is 1.87 bits per heavy atom. The lowest BCUT2D eigenvalue weighted by molar-refractivity contribution is -0.250. The molecule has 0 spiro atoms. The summed E-state index contributed by atoms with van der Waals surface area (Å²) in [4.78, 5) is 0. The van der Waals surface area contributed by atoms with Crippen molar-refractivity contribution in [1.29, 1.82) is 0 Å². The van der Waals surface area contributed by atoms with Crippen molar-refractivity contribution in [3.05, 3.63) is 24.3 Å². The molecule has 0 fully saturated rings. The molecule has 0 aliphatic carbocycles. The highest BCUT2D eigenvalue weighted by molar-refractivity contribution is 5.46. The molecular formula is C12H10F9NO. The van der Waals surface area contributed by atoms with Crippen molar-refractivity contribution in [2.45, 2.75) is 24.4 Å². The zero-order chi connectivity index (χ0) is 17.9. The summed E-state index contributed by atoms with van der Waals surface area (Å²) < 4.78 is 114. The molecule has 1 aromatic rings. The maximum absolute atomic E-state index is 13.0. The maximum atomic E-state index is 13.0. The number of alkyl halides is 9. The Bertz CT molecular complexity index is 495. The quantitative estimate of drug-likeness (QED) is 0.755. The van der Waals surface area contributed by atoms with Crippen LogP contribution in [-0.2, 0) is 0 Å². The molecule has 11 heteroatoms. The molecule has 0 aromatic heterocycles. The van der Waals surface area contributed by atoms with Gasteiger partial charge >= 0.3 is 18.3 Å². The second-order valence-electron chi connectivity index (χ2n) is 4.45. The first kappa shape index (κ1) is 19.2. The van der Waals surface area contributed by atoms with Crippen molar-refractivity contribution >= 4 is 5.69 Å². The van der Waals surface area contributed by atoms with Gasteiger partial charge in [0, 0.05) is 5.69 Å². The first-order chi connectivity index (χ1) is 10.3. The molecule has 0 heterocycles. The minimum Gasteiger partial charge on any atom is -0.487 e. The van der Waals surface area contributed by atoms with Gasteiger partial charge in [0.05, 0.1) is 0 Å². The van der Waals surface area contributed by atoms with Gasteiger partial charge in [-0.1, -0.05) is 0 Å². The number of hydrogen-bond acceptors (Lipinski definition) is 2. The van der Waals surface area contributed by atoms with Crippen LogP contribution >= 0.6 is 0 Å². The van der Waals surface area contributed by atoms with Crippen molar-refractivity contribution in [2.24, 2.45) is 0 Å². The normalized spacial score (nSPS) is 14.5. The van der Waals surface area contributed by atoms with E-state index in [1.54, 1.807) is 0 Å². The molecule has 0 aliphatic rings. The zero-order valence-corrected chi connectivity index (χ0v) is 11.1. The van der Waals surface area contributed by atoms with Crippen LogP contribution in [0.2, 0.25) is 0 Å². The molecule has 1 atom stereocenters. The maximum Gasteiger partial charge on any atom is 0.425 e. The van der Waals surface area contributed by atoms with Crippen LogP contribution in [0.25, 0.3) is 0 Å². The fourth-order valence-electron chi connectivity index (χ4n) is 1.36. The van der Waals surface area contributed by atoms with Crippen molar-refractivity contribution < 1.29 is 44.3 Å². The van der Waals surface area contributed by atoms with Crippen LogP contribution in [-0.4, -0.2) is 37.6 Å². The van der Waals surface area contributed by atoms with Crippen LogP contribution in [0.5, 0.6) is 5.75 Å². The molecular weight excluding hydrogens is 345 g/mol. The molecule has 2 nitrogen and oxygen atoms in total. The van der Waals surface area contributed by atoms with Gasteiger partial charge in [0.25, 0.3) is 6.17 Å². The number of halogens is 9. The van der Waals surface area contributed by atoms with E-state index < -0.39 is 37.6 Å². The first-order valence-electron chi connectivity index (χ1n) is 5.93. The molecule has 0 saturated heterocycles. The Balaban J connectivity index is 2.59. The second kappa shape index (κ2) is 6.75. The van der Waals surface area contributed by atoms with Crippen molar-refractivity contribution in [1.82, 2.24) is 0 Å². The molecule has 1 aromatic carbocycles. The van der Waals surface area contributed by atoms with Gasteiger partial charge in [0.1, 0.15) is 12.3 Å². The van der Waals surface area contributed by atoms with E-state index in [-0.39, 0.29) is 11.4 Å². The second-order valence-corrected chi connectivity index (χ2v) is 4.45. The minimum atomic E-state index is -5.74. The van der Waals surface area contributed by atoms with Crippen LogP contribution in [0.1, 0.15) is 0 Å². The molecule has 1 rings (SSSR count). The summed E-state index contributed by atoms with van der Waals surface area (Å²) in [5.41, 5.74) is -0.0138. The van der Waals surface area contributed by atoms with Crippen LogP contribution in [0.4, 0.5) is 45.2 Å². The molecule has 0 saturated carbocycles. The van der Waals surface area contributed by atoms with E-state index in [0.717, 1.165) is 24.3 Å². The van der Waals surface area contributed by atoms with Gasteiger partial charge in [-0.2, -0.15) is 35.1 Å². The zero-order valence-electron chi connectivity index (χ0n) is 11.1. The lowest BCUT2D eigenvalue weighted by Gasteiger charge is -2.22. The van der Waals surface area contributed by atoms with Crippen LogP contribution in [0.3, 0.4) is 0 Å². The summed E-state index contributed by atoms with van der Waals surface area (Å²) in [7, 11) is 0. The number of benzene rings is 1. The van der Waals surface area contributed by atoms with Gasteiger partial charge in [0.2, 0.25) is 0 Å². The number of ether oxygens (including phenoxy) is 1. The highest BCUT2D eigenvalue weighted by Gasteiger charge is 2.57. The third-order valence-corrected chi connectivity index (χ3v) is 2.44. The van der Waals surface area contributed by atoms with Gasteiger partial charge in [0.15, 0.2) is 6.61 Å². The minimum absolute atomic E-state index is 0.0138. The van der Waals surface area contributed by atoms with Crippen molar-refractivity contribution in [3.63, 3.8) is 0 Å². The third kappa shape index (κ3) is 6.45. The molecule has 1 N–H and O–H groups in total. The van der Waals surface area contributed by atoms with E-state index in [2.05, 4.69) is 4.74 Å². The van der Waals surface area contributed by atoms with Crippen LogP contribution < -0.4 is 10.1 Å². The summed E-state index contributed by atoms with van der Waals surface area (Å²) in [6.07, 6.45) is -14.6. The van der Waals surface area contributed by atoms with Crippen molar-refractivity contribution in [3.8, 4) is 5.75 Å². The molecule has 0 radical (unpaired) electrons. The Hall–Kier alpha value is -1.81. The van der Waals surface area contributed by atoms with E-state index in [0.29, 0.717) is 0 Å². The predicted octanol–water partition coefficient (Wildman–Crippen LogP) is 4.58. The summed E-state index contributed by atoms with van der Waals surface area (Å²) in [5.74, 6) is -5.15. The largest absolute Gasteiger partial charge is 0.487 e. The summed E-state index contributed by atoms with van der Waals surface area (Å²) in [6, 6.07) is 3.98. The average molecular weight is 355 g/mol. The third-order valence-electron chi connectivity index (χ3n) is 2.44. The van der Waals surface area contributed by atoms with E-state index >= 15 is 0 Å². The van der Waals surface area contributed by atoms with E-state index in [1.807, 2.05) is 5.32 Å². The van der Waals surface area contributed by atoms with E-state index in [1.165, 1.54) is 0 Å². The fourth-order valence-corrected chi connectivity index (χ4v) is 1.36. The first-order valence-corrected chi connectivity index (χ1v) is 5.93. The number of rotatable bonds is 6. The lowest BCUT2D eigenvalue weighted by Crippen LogP contribution is -2.45. The summed E-state index contributed by atoms with van der Waals surface area (Å²) >= 11 is 0. The molecule has 0 bridgehead atoms. The van der Waals surface area contributed by atoms with Gasteiger partial charge < -0.3 is 10.1 Å². The molecule has 23 heavy (non-hydrogen) atoms. The lowest BCUT2D eigenvalue weighted by atomic mass is 10.2. The fraction of sp³-hybridized carbons (Fsp3) is 0.500. The molecule has 132 valence electrons. The van der Waals surface area contributed by atoms with Crippen LogP contribution in [0, 0.1) is 0 Å². The molecule has 1 unspecified atom stereocenters. The average Bonchev–Trinajstić information content (AvgIpc) is 2.41. The summed E-state index contributed by atoms with van der Waals surface area (Å²) in [5, 5.41) is 1.98. The van der Waals surface area contributed by atoms with E-state index in [4.69, 9.17) is 0 Å². The Morgan fingerprint density at radius 1 is 0.913 bits per heavy atom. The summed E-state index contributed by atoms with van der Waals surface area (Å²) in [6.45, 7) is -3.20. The van der Waals surface area contributed by atoms with Gasteiger partial charge in [-0.05, 0) is 24.3 Å². The Morgan fingerprint density at radius 2 is 1.43 bits per heavy atom. The molecule has 0 amide bonds. The highest BCUT2D eigenvalue weighted by Crippen LogP contribution is 2.35.